The molecule has 0 fully saturated rings. The quantitative estimate of drug-likeness (QED) is 0.766. The van der Waals surface area contributed by atoms with E-state index in [1.807, 2.05) is 6.92 Å². The summed E-state index contributed by atoms with van der Waals surface area (Å²) in [5.74, 6) is 0. The molecule has 0 bridgehead atoms. The molecule has 1 aromatic carbocycles. The van der Waals surface area contributed by atoms with Gasteiger partial charge in [-0.2, -0.15) is 0 Å². The Labute approximate surface area is 98.7 Å². The second kappa shape index (κ2) is 5.66. The minimum absolute atomic E-state index is 0.622. The van der Waals surface area contributed by atoms with Gasteiger partial charge in [0.1, 0.15) is 0 Å². The van der Waals surface area contributed by atoms with Crippen molar-refractivity contribution in [3.63, 3.8) is 0 Å². The van der Waals surface area contributed by atoms with Crippen molar-refractivity contribution in [2.24, 2.45) is 5.73 Å². The molecule has 0 aliphatic heterocycles. The smallest absolute Gasteiger partial charge is 0.0137 e. The average molecular weight is 215 g/mol. The van der Waals surface area contributed by atoms with E-state index in [-0.39, 0.29) is 0 Å². The average Bonchev–Trinajstić information content (AvgIpc) is 2.25. The van der Waals surface area contributed by atoms with Gasteiger partial charge in [-0.15, -0.1) is 0 Å². The Morgan fingerprint density at radius 3 is 2.44 bits per heavy atom. The van der Waals surface area contributed by atoms with Crippen LogP contribution in [0, 0.1) is 13.8 Å². The van der Waals surface area contributed by atoms with Gasteiger partial charge in [0.2, 0.25) is 0 Å². The molecule has 2 N–H and O–H groups in total. The highest BCUT2D eigenvalue weighted by Crippen LogP contribution is 2.19. The Morgan fingerprint density at radius 1 is 1.19 bits per heavy atom. The third kappa shape index (κ3) is 3.35. The van der Waals surface area contributed by atoms with Crippen LogP contribution in [0.5, 0.6) is 0 Å². The SMILES string of the molecule is C/C(=C\C=C(/C)c1ccc(C)cc1C)CN. The summed E-state index contributed by atoms with van der Waals surface area (Å²) in [4.78, 5) is 0. The predicted molar refractivity (Wildman–Crippen MR) is 72.4 cm³/mol. The van der Waals surface area contributed by atoms with Gasteiger partial charge in [-0.1, -0.05) is 41.5 Å². The van der Waals surface area contributed by atoms with Crippen molar-refractivity contribution in [3.8, 4) is 0 Å². The standard InChI is InChI=1S/C15H21N/c1-11-6-8-15(14(4)9-11)13(3)7-5-12(2)10-16/h5-9H,10,16H2,1-4H3/b12-5+,13-7+. The molecule has 1 rings (SSSR count). The highest BCUT2D eigenvalue weighted by Gasteiger charge is 1.99. The summed E-state index contributed by atoms with van der Waals surface area (Å²) < 4.78 is 0. The van der Waals surface area contributed by atoms with Gasteiger partial charge in [-0.3, -0.25) is 0 Å². The van der Waals surface area contributed by atoms with Crippen molar-refractivity contribution in [1.82, 2.24) is 0 Å². The summed E-state index contributed by atoms with van der Waals surface area (Å²) in [5.41, 5.74) is 12.0. The van der Waals surface area contributed by atoms with E-state index in [9.17, 15) is 0 Å². The number of rotatable bonds is 3. The van der Waals surface area contributed by atoms with E-state index >= 15 is 0 Å². The lowest BCUT2D eigenvalue weighted by Crippen LogP contribution is -1.98. The number of aryl methyl sites for hydroxylation is 2. The molecule has 0 saturated heterocycles. The normalized spacial score (nSPS) is 13.1. The maximum Gasteiger partial charge on any atom is 0.0137 e. The first-order valence-electron chi connectivity index (χ1n) is 5.66. The Hall–Kier alpha value is -1.34. The first-order chi connectivity index (χ1) is 7.54. The lowest BCUT2D eigenvalue weighted by atomic mass is 9.99. The fourth-order valence-electron chi connectivity index (χ4n) is 1.68. The van der Waals surface area contributed by atoms with E-state index < -0.39 is 0 Å². The summed E-state index contributed by atoms with van der Waals surface area (Å²) in [7, 11) is 0. The highest BCUT2D eigenvalue weighted by atomic mass is 14.5. The first kappa shape index (κ1) is 12.7. The Morgan fingerprint density at radius 2 is 1.88 bits per heavy atom. The second-order valence-corrected chi connectivity index (χ2v) is 4.39. The van der Waals surface area contributed by atoms with Crippen LogP contribution in [-0.2, 0) is 0 Å². The van der Waals surface area contributed by atoms with Gasteiger partial charge in [-0.25, -0.2) is 0 Å². The predicted octanol–water partition coefficient (Wildman–Crippen LogP) is 3.61. The van der Waals surface area contributed by atoms with E-state index in [0.717, 1.165) is 0 Å². The van der Waals surface area contributed by atoms with E-state index in [2.05, 4.69) is 51.1 Å². The van der Waals surface area contributed by atoms with Crippen LogP contribution in [0.2, 0.25) is 0 Å². The Bertz CT molecular complexity index is 425. The highest BCUT2D eigenvalue weighted by molar-refractivity contribution is 5.68. The molecule has 0 unspecified atom stereocenters. The fraction of sp³-hybridized carbons (Fsp3) is 0.333. The molecule has 0 saturated carbocycles. The van der Waals surface area contributed by atoms with E-state index in [1.54, 1.807) is 0 Å². The number of nitrogens with two attached hydrogens (primary N) is 1. The molecule has 86 valence electrons. The van der Waals surface area contributed by atoms with Crippen LogP contribution in [0.3, 0.4) is 0 Å². The van der Waals surface area contributed by atoms with Crippen molar-refractivity contribution in [3.05, 3.63) is 52.6 Å². The summed E-state index contributed by atoms with van der Waals surface area (Å²) in [5, 5.41) is 0. The first-order valence-corrected chi connectivity index (χ1v) is 5.66. The number of allylic oxidation sites excluding steroid dienone is 3. The van der Waals surface area contributed by atoms with Gasteiger partial charge in [0.05, 0.1) is 0 Å². The third-order valence-electron chi connectivity index (χ3n) is 2.75. The maximum atomic E-state index is 5.55. The van der Waals surface area contributed by atoms with Crippen molar-refractivity contribution in [2.45, 2.75) is 27.7 Å². The van der Waals surface area contributed by atoms with Gasteiger partial charge < -0.3 is 5.73 Å². The molecule has 0 atom stereocenters. The lowest BCUT2D eigenvalue weighted by Gasteiger charge is -2.06. The number of hydrogen-bond donors (Lipinski definition) is 1. The molecule has 0 aromatic heterocycles. The largest absolute Gasteiger partial charge is 0.327 e. The summed E-state index contributed by atoms with van der Waals surface area (Å²) in [6.45, 7) is 9.08. The molecular weight excluding hydrogens is 194 g/mol. The molecule has 1 nitrogen and oxygen atoms in total. The van der Waals surface area contributed by atoms with Crippen LogP contribution < -0.4 is 5.73 Å². The van der Waals surface area contributed by atoms with Gasteiger partial charge in [0.25, 0.3) is 0 Å². The van der Waals surface area contributed by atoms with Crippen LogP contribution in [0.15, 0.2) is 35.9 Å². The topological polar surface area (TPSA) is 26.0 Å². The van der Waals surface area contributed by atoms with Gasteiger partial charge in [0.15, 0.2) is 0 Å². The van der Waals surface area contributed by atoms with E-state index in [0.29, 0.717) is 6.54 Å². The van der Waals surface area contributed by atoms with Crippen molar-refractivity contribution >= 4 is 5.57 Å². The molecule has 0 spiro atoms. The molecule has 0 aliphatic carbocycles. The second-order valence-electron chi connectivity index (χ2n) is 4.39. The minimum atomic E-state index is 0.622. The molecule has 0 heterocycles. The van der Waals surface area contributed by atoms with Crippen molar-refractivity contribution < 1.29 is 0 Å². The van der Waals surface area contributed by atoms with Crippen molar-refractivity contribution in [2.75, 3.05) is 6.54 Å². The third-order valence-corrected chi connectivity index (χ3v) is 2.75. The Kier molecular flexibility index (Phi) is 4.51. The molecule has 16 heavy (non-hydrogen) atoms. The van der Waals surface area contributed by atoms with Gasteiger partial charge >= 0.3 is 0 Å². The van der Waals surface area contributed by atoms with E-state index in [4.69, 9.17) is 5.73 Å². The molecule has 0 radical (unpaired) electrons. The molecular formula is C15H21N. The zero-order chi connectivity index (χ0) is 12.1. The monoisotopic (exact) mass is 215 g/mol. The van der Waals surface area contributed by atoms with Crippen LogP contribution in [0.25, 0.3) is 5.57 Å². The van der Waals surface area contributed by atoms with Crippen LogP contribution in [0.1, 0.15) is 30.5 Å². The minimum Gasteiger partial charge on any atom is -0.327 e. The molecule has 0 amide bonds. The fourth-order valence-corrected chi connectivity index (χ4v) is 1.68. The van der Waals surface area contributed by atoms with E-state index in [1.165, 1.54) is 27.8 Å². The van der Waals surface area contributed by atoms with Crippen LogP contribution >= 0.6 is 0 Å². The zero-order valence-corrected chi connectivity index (χ0v) is 10.7. The molecule has 0 aliphatic rings. The Balaban J connectivity index is 3.00. The molecule has 1 heteroatoms. The maximum absolute atomic E-state index is 5.55. The zero-order valence-electron chi connectivity index (χ0n) is 10.7. The summed E-state index contributed by atoms with van der Waals surface area (Å²) in [6, 6.07) is 6.55. The summed E-state index contributed by atoms with van der Waals surface area (Å²) in [6.07, 6.45) is 4.23. The molecule has 1 aromatic rings. The number of hydrogen-bond acceptors (Lipinski definition) is 1. The van der Waals surface area contributed by atoms with Crippen LogP contribution in [0.4, 0.5) is 0 Å². The van der Waals surface area contributed by atoms with Crippen LogP contribution in [-0.4, -0.2) is 6.54 Å². The summed E-state index contributed by atoms with van der Waals surface area (Å²) >= 11 is 0. The lowest BCUT2D eigenvalue weighted by molar-refractivity contribution is 1.14. The van der Waals surface area contributed by atoms with Gasteiger partial charge in [-0.05, 0) is 44.4 Å². The number of benzene rings is 1. The van der Waals surface area contributed by atoms with Crippen molar-refractivity contribution in [1.29, 1.82) is 0 Å². The van der Waals surface area contributed by atoms with Gasteiger partial charge in [0, 0.05) is 6.54 Å².